The number of amidine groups is 2. The number of methoxy groups -OCH3 is 1. The van der Waals surface area contributed by atoms with Gasteiger partial charge in [-0.05, 0) is 29.8 Å². The molecule has 0 radical (unpaired) electrons. The Labute approximate surface area is 197 Å². The highest BCUT2D eigenvalue weighted by atomic mass is 32.2. The molecule has 5 rings (SSSR count). The number of carbonyl (C=O) groups excluding carboxylic acids is 1. The van der Waals surface area contributed by atoms with E-state index in [0.717, 1.165) is 11.3 Å². The number of carbonyl (C=O) groups is 1. The molecule has 3 aromatic rings. The van der Waals surface area contributed by atoms with Gasteiger partial charge in [0.25, 0.3) is 11.6 Å². The number of nitrogens with zero attached hydrogens (tertiary/aromatic N) is 3. The lowest BCUT2D eigenvalue weighted by molar-refractivity contribution is -0.384. The third kappa shape index (κ3) is 3.69. The van der Waals surface area contributed by atoms with E-state index in [1.165, 1.54) is 43.1 Å². The normalized spacial score (nSPS) is 16.4. The smallest absolute Gasteiger partial charge is 0.283 e. The molecule has 3 heterocycles. The first-order valence-electron chi connectivity index (χ1n) is 10.0. The summed E-state index contributed by atoms with van der Waals surface area (Å²) in [6.07, 6.45) is 1.47. The molecule has 1 N–H and O–H groups in total. The quantitative estimate of drug-likeness (QED) is 0.309. The first kappa shape index (κ1) is 21.4. The van der Waals surface area contributed by atoms with Crippen LogP contribution in [0.2, 0.25) is 0 Å². The molecule has 0 atom stereocenters. The number of nitro benzene ring substituents is 1. The fraction of sp³-hybridized carbons (Fsp3) is 0.0417. The van der Waals surface area contributed by atoms with Crippen LogP contribution >= 0.6 is 11.8 Å². The van der Waals surface area contributed by atoms with Gasteiger partial charge in [-0.3, -0.25) is 25.2 Å². The lowest BCUT2D eigenvalue weighted by Gasteiger charge is -2.26. The summed E-state index contributed by atoms with van der Waals surface area (Å²) in [6, 6.07) is 17.1. The first-order valence-corrected chi connectivity index (χ1v) is 10.9. The van der Waals surface area contributed by atoms with Gasteiger partial charge >= 0.3 is 0 Å². The molecular weight excluding hydrogens is 456 g/mol. The van der Waals surface area contributed by atoms with Gasteiger partial charge in [0, 0.05) is 11.5 Å². The van der Waals surface area contributed by atoms with Crippen LogP contribution in [0.15, 0.2) is 81.1 Å². The number of non-ortho nitro benzene ring substituents is 1. The fourth-order valence-electron chi connectivity index (χ4n) is 3.63. The summed E-state index contributed by atoms with van der Waals surface area (Å²) in [6.45, 7) is 0. The SMILES string of the molecule is COc1cc([N+](=O)[O-])ccc1-c1ccc(/C=C2\C(=N)N3C(c4ccccc4)=CSC3=NC2=O)o1. The minimum atomic E-state index is -0.530. The van der Waals surface area contributed by atoms with Crippen molar-refractivity contribution in [3.63, 3.8) is 0 Å². The summed E-state index contributed by atoms with van der Waals surface area (Å²) in [7, 11) is 1.41. The van der Waals surface area contributed by atoms with Crippen molar-refractivity contribution in [3.8, 4) is 17.1 Å². The van der Waals surface area contributed by atoms with E-state index in [1.807, 2.05) is 35.7 Å². The maximum Gasteiger partial charge on any atom is 0.283 e. The molecule has 0 saturated heterocycles. The molecule has 34 heavy (non-hydrogen) atoms. The number of benzene rings is 2. The van der Waals surface area contributed by atoms with Gasteiger partial charge in [-0.25, -0.2) is 0 Å². The van der Waals surface area contributed by atoms with Crippen LogP contribution in [-0.4, -0.2) is 33.8 Å². The number of aliphatic imine (C=N–C) groups is 1. The monoisotopic (exact) mass is 472 g/mol. The van der Waals surface area contributed by atoms with E-state index >= 15 is 0 Å². The zero-order valence-electron chi connectivity index (χ0n) is 17.7. The van der Waals surface area contributed by atoms with Crippen molar-refractivity contribution in [1.29, 1.82) is 5.41 Å². The van der Waals surface area contributed by atoms with Gasteiger partial charge in [-0.15, -0.1) is 0 Å². The maximum absolute atomic E-state index is 12.7. The van der Waals surface area contributed by atoms with Crippen LogP contribution < -0.4 is 4.74 Å². The molecule has 2 aliphatic rings. The van der Waals surface area contributed by atoms with Crippen LogP contribution in [0.5, 0.6) is 5.75 Å². The van der Waals surface area contributed by atoms with E-state index in [1.54, 1.807) is 17.0 Å². The number of hydrogen-bond donors (Lipinski definition) is 1. The molecule has 0 bridgehead atoms. The van der Waals surface area contributed by atoms with Crippen molar-refractivity contribution in [2.75, 3.05) is 7.11 Å². The second-order valence-electron chi connectivity index (χ2n) is 7.27. The second-order valence-corrected chi connectivity index (χ2v) is 8.11. The third-order valence-corrected chi connectivity index (χ3v) is 6.08. The van der Waals surface area contributed by atoms with Crippen LogP contribution in [0.3, 0.4) is 0 Å². The Bertz CT molecular complexity index is 1440. The van der Waals surface area contributed by atoms with Crippen LogP contribution in [0.25, 0.3) is 23.1 Å². The Morgan fingerprint density at radius 3 is 2.71 bits per heavy atom. The molecule has 0 spiro atoms. The average Bonchev–Trinajstić information content (AvgIpc) is 3.49. The molecule has 2 aromatic carbocycles. The van der Waals surface area contributed by atoms with Crippen molar-refractivity contribution < 1.29 is 18.9 Å². The van der Waals surface area contributed by atoms with Crippen molar-refractivity contribution >= 4 is 46.1 Å². The number of ether oxygens (including phenoxy) is 1. The van der Waals surface area contributed by atoms with E-state index in [-0.39, 0.29) is 22.8 Å². The molecule has 0 fully saturated rings. The van der Waals surface area contributed by atoms with E-state index in [4.69, 9.17) is 14.6 Å². The fourth-order valence-corrected chi connectivity index (χ4v) is 4.52. The molecule has 2 aliphatic heterocycles. The van der Waals surface area contributed by atoms with Crippen LogP contribution in [-0.2, 0) is 4.79 Å². The topological polar surface area (TPSA) is 122 Å². The Kier molecular flexibility index (Phi) is 5.34. The van der Waals surface area contributed by atoms with Crippen LogP contribution in [0.4, 0.5) is 5.69 Å². The van der Waals surface area contributed by atoms with E-state index < -0.39 is 10.8 Å². The molecular formula is C24H16N4O5S. The lowest BCUT2D eigenvalue weighted by atomic mass is 10.1. The Morgan fingerprint density at radius 2 is 1.97 bits per heavy atom. The van der Waals surface area contributed by atoms with Gasteiger partial charge in [0.1, 0.15) is 23.1 Å². The van der Waals surface area contributed by atoms with Gasteiger partial charge < -0.3 is 9.15 Å². The summed E-state index contributed by atoms with van der Waals surface area (Å²) >= 11 is 1.29. The standard InChI is InChI=1S/C24H16N4O5S/c1-32-21-11-15(28(30)31)7-9-17(21)20-10-8-16(33-20)12-18-22(25)27-19(14-5-3-2-4-6-14)13-34-24(27)26-23(18)29/h2-13,25H,1H3/b18-12+,25-22?. The Balaban J connectivity index is 1.47. The largest absolute Gasteiger partial charge is 0.496 e. The number of amides is 1. The van der Waals surface area contributed by atoms with Gasteiger partial charge in [0.2, 0.25) is 0 Å². The van der Waals surface area contributed by atoms with Crippen molar-refractivity contribution in [2.24, 2.45) is 4.99 Å². The molecule has 9 nitrogen and oxygen atoms in total. The minimum absolute atomic E-state index is 0.000898. The molecule has 0 saturated carbocycles. The number of fused-ring (bicyclic) bond motifs is 1. The summed E-state index contributed by atoms with van der Waals surface area (Å²) in [5, 5.41) is 22.0. The number of nitro groups is 1. The highest BCUT2D eigenvalue weighted by Crippen LogP contribution is 2.38. The van der Waals surface area contributed by atoms with E-state index in [9.17, 15) is 14.9 Å². The predicted octanol–water partition coefficient (Wildman–Crippen LogP) is 5.17. The van der Waals surface area contributed by atoms with Crippen LogP contribution in [0.1, 0.15) is 11.3 Å². The second kappa shape index (κ2) is 8.49. The average molecular weight is 472 g/mol. The zero-order chi connectivity index (χ0) is 23.8. The number of thioether (sulfide) groups is 1. The van der Waals surface area contributed by atoms with Crippen molar-refractivity contribution in [1.82, 2.24) is 4.90 Å². The highest BCUT2D eigenvalue weighted by molar-refractivity contribution is 8.17. The molecule has 168 valence electrons. The minimum Gasteiger partial charge on any atom is -0.496 e. The van der Waals surface area contributed by atoms with Crippen molar-refractivity contribution in [2.45, 2.75) is 0 Å². The molecule has 1 amide bonds. The number of hydrogen-bond acceptors (Lipinski definition) is 7. The molecule has 0 unspecified atom stereocenters. The van der Waals surface area contributed by atoms with E-state index in [0.29, 0.717) is 22.3 Å². The van der Waals surface area contributed by atoms with Crippen LogP contribution in [0, 0.1) is 15.5 Å². The summed E-state index contributed by atoms with van der Waals surface area (Å²) in [4.78, 5) is 29.0. The molecule has 1 aromatic heterocycles. The number of furan rings is 1. The lowest BCUT2D eigenvalue weighted by Crippen LogP contribution is -2.37. The van der Waals surface area contributed by atoms with E-state index in [2.05, 4.69) is 4.99 Å². The molecule has 10 heteroatoms. The summed E-state index contributed by atoms with van der Waals surface area (Å²) in [5.41, 5.74) is 2.18. The Morgan fingerprint density at radius 1 is 1.18 bits per heavy atom. The van der Waals surface area contributed by atoms with Gasteiger partial charge in [-0.1, -0.05) is 42.1 Å². The summed E-state index contributed by atoms with van der Waals surface area (Å²) in [5.74, 6) is 0.488. The third-order valence-electron chi connectivity index (χ3n) is 5.26. The Hall–Kier alpha value is -4.44. The highest BCUT2D eigenvalue weighted by Gasteiger charge is 2.36. The zero-order valence-corrected chi connectivity index (χ0v) is 18.5. The van der Waals surface area contributed by atoms with Gasteiger partial charge in [-0.2, -0.15) is 4.99 Å². The molecule has 0 aliphatic carbocycles. The first-order chi connectivity index (χ1) is 16.5. The number of rotatable bonds is 5. The van der Waals surface area contributed by atoms with Gasteiger partial charge in [0.05, 0.1) is 34.9 Å². The predicted molar refractivity (Wildman–Crippen MR) is 129 cm³/mol. The van der Waals surface area contributed by atoms with Gasteiger partial charge in [0.15, 0.2) is 5.17 Å². The van der Waals surface area contributed by atoms with Crippen molar-refractivity contribution in [3.05, 3.63) is 93.1 Å². The maximum atomic E-state index is 12.7. The summed E-state index contributed by atoms with van der Waals surface area (Å²) < 4.78 is 11.2. The number of nitrogens with one attached hydrogen (secondary N) is 1.